The Labute approximate surface area is 140 Å². The molecule has 25 heavy (non-hydrogen) atoms. The smallest absolute Gasteiger partial charge is 0.448 e. The lowest BCUT2D eigenvalue weighted by Crippen LogP contribution is -2.30. The molecule has 1 aliphatic rings. The molecule has 1 aliphatic heterocycles. The minimum Gasteiger partial charge on any atom is -0.493 e. The Morgan fingerprint density at radius 3 is 2.44 bits per heavy atom. The van der Waals surface area contributed by atoms with Gasteiger partial charge in [0, 0.05) is 5.56 Å². The molecule has 0 amide bonds. The minimum atomic E-state index is -4.85. The fourth-order valence-electron chi connectivity index (χ4n) is 2.75. The molecule has 2 rings (SSSR count). The molecular formula is C16H15F5O4. The Bertz CT molecular complexity index is 711. The molecule has 0 saturated heterocycles. The van der Waals surface area contributed by atoms with Gasteiger partial charge in [-0.05, 0) is 25.5 Å². The van der Waals surface area contributed by atoms with Crippen molar-refractivity contribution in [1.29, 1.82) is 0 Å². The first kappa shape index (κ1) is 19.0. The molecule has 0 saturated carbocycles. The van der Waals surface area contributed by atoms with Gasteiger partial charge in [-0.2, -0.15) is 17.6 Å². The van der Waals surface area contributed by atoms with Crippen molar-refractivity contribution in [2.24, 2.45) is 0 Å². The molecule has 0 fully saturated rings. The van der Waals surface area contributed by atoms with Gasteiger partial charge in [-0.15, -0.1) is 0 Å². The molecule has 0 aliphatic carbocycles. The first-order valence-corrected chi connectivity index (χ1v) is 7.26. The Hall–Kier alpha value is -2.32. The van der Waals surface area contributed by atoms with Crippen molar-refractivity contribution in [2.75, 3.05) is 13.7 Å². The third-order valence-corrected chi connectivity index (χ3v) is 3.77. The van der Waals surface area contributed by atoms with E-state index in [-0.39, 0.29) is 17.7 Å². The van der Waals surface area contributed by atoms with Crippen molar-refractivity contribution in [2.45, 2.75) is 32.0 Å². The maximum absolute atomic E-state index is 14.0. The van der Waals surface area contributed by atoms with Crippen molar-refractivity contribution < 1.29 is 41.0 Å². The summed E-state index contributed by atoms with van der Waals surface area (Å²) in [5.74, 6) is -6.92. The van der Waals surface area contributed by atoms with E-state index in [0.717, 1.165) is 26.2 Å². The molecule has 0 spiro atoms. The first-order chi connectivity index (χ1) is 11.6. The number of halogens is 5. The highest BCUT2D eigenvalue weighted by atomic mass is 19.4. The number of esters is 1. The average molecular weight is 366 g/mol. The lowest BCUT2D eigenvalue weighted by molar-refractivity contribution is -0.163. The second-order valence-electron chi connectivity index (χ2n) is 5.26. The van der Waals surface area contributed by atoms with Crippen molar-refractivity contribution in [1.82, 2.24) is 0 Å². The van der Waals surface area contributed by atoms with Gasteiger partial charge >= 0.3 is 12.1 Å². The summed E-state index contributed by atoms with van der Waals surface area (Å²) < 4.78 is 81.1. The Kier molecular flexibility index (Phi) is 5.24. The number of methoxy groups -OCH3 is 1. The van der Waals surface area contributed by atoms with Gasteiger partial charge in [0.2, 0.25) is 17.7 Å². The SMILES string of the molecule is CCOC(=O)[C@@H]1OC(C(F)(F)F)=C(C)[C@H]1c1ccc(F)c(F)c1OC. The highest BCUT2D eigenvalue weighted by Crippen LogP contribution is 2.47. The summed E-state index contributed by atoms with van der Waals surface area (Å²) in [4.78, 5) is 12.0. The van der Waals surface area contributed by atoms with Crippen LogP contribution in [0.25, 0.3) is 0 Å². The van der Waals surface area contributed by atoms with Crippen molar-refractivity contribution in [3.8, 4) is 5.75 Å². The van der Waals surface area contributed by atoms with Crippen LogP contribution in [0.3, 0.4) is 0 Å². The van der Waals surface area contributed by atoms with E-state index in [2.05, 4.69) is 0 Å². The number of hydrogen-bond donors (Lipinski definition) is 0. The molecule has 0 radical (unpaired) electrons. The van der Waals surface area contributed by atoms with Gasteiger partial charge in [-0.25, -0.2) is 9.18 Å². The highest BCUT2D eigenvalue weighted by Gasteiger charge is 2.51. The summed E-state index contributed by atoms with van der Waals surface area (Å²) in [5, 5.41) is 0. The van der Waals surface area contributed by atoms with Gasteiger partial charge in [0.05, 0.1) is 19.6 Å². The van der Waals surface area contributed by atoms with Crippen LogP contribution in [0.2, 0.25) is 0 Å². The van der Waals surface area contributed by atoms with E-state index in [1.807, 2.05) is 0 Å². The first-order valence-electron chi connectivity index (χ1n) is 7.26. The second kappa shape index (κ2) is 6.89. The number of rotatable bonds is 4. The molecule has 1 heterocycles. The number of benzene rings is 1. The number of carbonyl (C=O) groups is 1. The van der Waals surface area contributed by atoms with Crippen LogP contribution in [0.4, 0.5) is 22.0 Å². The van der Waals surface area contributed by atoms with E-state index < -0.39 is 47.3 Å². The van der Waals surface area contributed by atoms with Crippen molar-refractivity contribution in [3.63, 3.8) is 0 Å². The molecular weight excluding hydrogens is 351 g/mol. The van der Waals surface area contributed by atoms with Gasteiger partial charge in [-0.1, -0.05) is 6.07 Å². The van der Waals surface area contributed by atoms with E-state index >= 15 is 0 Å². The fraction of sp³-hybridized carbons (Fsp3) is 0.438. The monoisotopic (exact) mass is 366 g/mol. The maximum atomic E-state index is 14.0. The van der Waals surface area contributed by atoms with E-state index in [1.54, 1.807) is 0 Å². The van der Waals surface area contributed by atoms with Gasteiger partial charge in [0.1, 0.15) is 0 Å². The summed E-state index contributed by atoms with van der Waals surface area (Å²) >= 11 is 0. The summed E-state index contributed by atoms with van der Waals surface area (Å²) in [7, 11) is 1.04. The van der Waals surface area contributed by atoms with Crippen LogP contribution in [0.1, 0.15) is 25.3 Å². The number of alkyl halides is 3. The predicted octanol–water partition coefficient (Wildman–Crippen LogP) is 3.86. The zero-order valence-electron chi connectivity index (χ0n) is 13.5. The molecule has 1 aromatic rings. The van der Waals surface area contributed by atoms with E-state index in [9.17, 15) is 26.7 Å². The van der Waals surface area contributed by atoms with Crippen molar-refractivity contribution in [3.05, 3.63) is 40.7 Å². The van der Waals surface area contributed by atoms with Crippen LogP contribution in [0.15, 0.2) is 23.5 Å². The van der Waals surface area contributed by atoms with Crippen LogP contribution in [-0.4, -0.2) is 32.0 Å². The molecule has 0 unspecified atom stereocenters. The number of allylic oxidation sites excluding steroid dienone is 1. The second-order valence-corrected chi connectivity index (χ2v) is 5.26. The number of hydrogen-bond acceptors (Lipinski definition) is 4. The van der Waals surface area contributed by atoms with Gasteiger partial charge in [-0.3, -0.25) is 0 Å². The van der Waals surface area contributed by atoms with Gasteiger partial charge in [0.15, 0.2) is 11.6 Å². The van der Waals surface area contributed by atoms with E-state index in [4.69, 9.17) is 14.2 Å². The van der Waals surface area contributed by atoms with Crippen LogP contribution < -0.4 is 4.74 Å². The van der Waals surface area contributed by atoms with Crippen LogP contribution in [0, 0.1) is 11.6 Å². The highest BCUT2D eigenvalue weighted by molar-refractivity contribution is 5.78. The summed E-state index contributed by atoms with van der Waals surface area (Å²) in [5.41, 5.74) is -0.494. The largest absolute Gasteiger partial charge is 0.493 e. The number of ether oxygens (including phenoxy) is 3. The Balaban J connectivity index is 2.62. The van der Waals surface area contributed by atoms with Crippen molar-refractivity contribution >= 4 is 5.97 Å². The molecule has 9 heteroatoms. The quantitative estimate of drug-likeness (QED) is 0.600. The van der Waals surface area contributed by atoms with E-state index in [1.165, 1.54) is 6.92 Å². The summed E-state index contributed by atoms with van der Waals surface area (Å²) in [6.07, 6.45) is -6.54. The molecule has 1 aromatic carbocycles. The van der Waals surface area contributed by atoms with Gasteiger partial charge < -0.3 is 14.2 Å². The lowest BCUT2D eigenvalue weighted by Gasteiger charge is -2.21. The normalized spacial score (nSPS) is 20.5. The van der Waals surface area contributed by atoms with Crippen LogP contribution in [-0.2, 0) is 14.3 Å². The molecule has 0 aromatic heterocycles. The van der Waals surface area contributed by atoms with E-state index in [0.29, 0.717) is 0 Å². The zero-order valence-corrected chi connectivity index (χ0v) is 13.5. The third kappa shape index (κ3) is 3.40. The standard InChI is InChI=1S/C16H15F5O4/c1-4-24-15(22)13-10(7(2)14(25-13)16(19,20)21)8-5-6-9(17)11(18)12(8)23-3/h5-6,10,13H,4H2,1-3H3/t10-,13+/m0/s1. The summed E-state index contributed by atoms with van der Waals surface area (Å²) in [6.45, 7) is 2.50. The predicted molar refractivity (Wildman–Crippen MR) is 75.9 cm³/mol. The topological polar surface area (TPSA) is 44.8 Å². The molecule has 0 N–H and O–H groups in total. The lowest BCUT2D eigenvalue weighted by atomic mass is 9.87. The number of carbonyl (C=O) groups excluding carboxylic acids is 1. The molecule has 2 atom stereocenters. The third-order valence-electron chi connectivity index (χ3n) is 3.77. The average Bonchev–Trinajstić information content (AvgIpc) is 2.87. The maximum Gasteiger partial charge on any atom is 0.448 e. The van der Waals surface area contributed by atoms with Crippen LogP contribution >= 0.6 is 0 Å². The molecule has 138 valence electrons. The van der Waals surface area contributed by atoms with Crippen LogP contribution in [0.5, 0.6) is 5.75 Å². The zero-order chi connectivity index (χ0) is 18.9. The Morgan fingerprint density at radius 1 is 1.28 bits per heavy atom. The fourth-order valence-corrected chi connectivity index (χ4v) is 2.75. The molecule has 4 nitrogen and oxygen atoms in total. The Morgan fingerprint density at radius 2 is 1.92 bits per heavy atom. The minimum absolute atomic E-state index is 0.0826. The van der Waals surface area contributed by atoms with Gasteiger partial charge in [0.25, 0.3) is 0 Å². The summed E-state index contributed by atoms with van der Waals surface area (Å²) in [6, 6.07) is 1.80. The molecule has 0 bridgehead atoms.